The van der Waals surface area contributed by atoms with Gasteiger partial charge in [0.1, 0.15) is 12.1 Å². The van der Waals surface area contributed by atoms with Crippen LogP contribution in [0.1, 0.15) is 5.56 Å². The highest BCUT2D eigenvalue weighted by molar-refractivity contribution is 5.55. The van der Waals surface area contributed by atoms with E-state index in [1.807, 2.05) is 10.8 Å². The van der Waals surface area contributed by atoms with Crippen molar-refractivity contribution in [3.05, 3.63) is 83.1 Å². The Morgan fingerprint density at radius 1 is 1.04 bits per heavy atom. The van der Waals surface area contributed by atoms with Crippen LogP contribution in [0.15, 0.2) is 66.1 Å². The Bertz CT molecular complexity index is 1070. The van der Waals surface area contributed by atoms with E-state index < -0.39 is 0 Å². The number of halogens is 1. The zero-order valence-electron chi connectivity index (χ0n) is 13.2. The molecule has 3 aromatic heterocycles. The van der Waals surface area contributed by atoms with Gasteiger partial charge in [-0.3, -0.25) is 9.20 Å². The number of fused-ring (bicyclic) bond motifs is 1. The summed E-state index contributed by atoms with van der Waals surface area (Å²) in [6, 6.07) is 9.57. The van der Waals surface area contributed by atoms with Crippen LogP contribution in [0.2, 0.25) is 0 Å². The van der Waals surface area contributed by atoms with Gasteiger partial charge >= 0.3 is 0 Å². The Balaban J connectivity index is 1.69. The van der Waals surface area contributed by atoms with Crippen molar-refractivity contribution in [3.8, 4) is 11.4 Å². The Kier molecular flexibility index (Phi) is 3.81. The van der Waals surface area contributed by atoms with Crippen LogP contribution in [0.3, 0.4) is 0 Å². The topological polar surface area (TPSA) is 65.1 Å². The van der Waals surface area contributed by atoms with Crippen molar-refractivity contribution in [1.82, 2.24) is 23.9 Å². The summed E-state index contributed by atoms with van der Waals surface area (Å²) in [5.41, 5.74) is 1.96. The van der Waals surface area contributed by atoms with Crippen molar-refractivity contribution >= 4 is 5.78 Å². The summed E-state index contributed by atoms with van der Waals surface area (Å²) < 4.78 is 16.4. The van der Waals surface area contributed by atoms with Crippen molar-refractivity contribution in [2.45, 2.75) is 13.0 Å². The first-order valence-electron chi connectivity index (χ1n) is 7.80. The molecule has 0 saturated carbocycles. The number of nitrogens with zero attached hydrogens (tertiary/aromatic N) is 5. The lowest BCUT2D eigenvalue weighted by Gasteiger charge is -2.06. The van der Waals surface area contributed by atoms with Gasteiger partial charge in [0, 0.05) is 31.2 Å². The van der Waals surface area contributed by atoms with Crippen LogP contribution in [-0.4, -0.2) is 23.9 Å². The molecule has 0 aliphatic rings. The van der Waals surface area contributed by atoms with Gasteiger partial charge in [0.05, 0.1) is 11.4 Å². The Labute approximate surface area is 142 Å². The molecule has 1 aromatic carbocycles. The molecule has 0 saturated heterocycles. The molecule has 7 heteroatoms. The molecule has 0 N–H and O–H groups in total. The van der Waals surface area contributed by atoms with Crippen LogP contribution >= 0.6 is 0 Å². The Morgan fingerprint density at radius 3 is 2.64 bits per heavy atom. The minimum Gasteiger partial charge on any atom is -0.316 e. The zero-order valence-corrected chi connectivity index (χ0v) is 13.2. The average Bonchev–Trinajstić information content (AvgIpc) is 3.06. The number of hydrogen-bond acceptors (Lipinski definition) is 4. The number of rotatable bonds is 4. The zero-order chi connectivity index (χ0) is 17.2. The monoisotopic (exact) mass is 335 g/mol. The molecule has 4 rings (SSSR count). The fourth-order valence-corrected chi connectivity index (χ4v) is 2.68. The molecule has 0 amide bonds. The highest BCUT2D eigenvalue weighted by Gasteiger charge is 2.09. The second-order valence-corrected chi connectivity index (χ2v) is 5.61. The highest BCUT2D eigenvalue weighted by atomic mass is 19.1. The average molecular weight is 335 g/mol. The number of aryl methyl sites for hydroxylation is 2. The fourth-order valence-electron chi connectivity index (χ4n) is 2.68. The summed E-state index contributed by atoms with van der Waals surface area (Å²) >= 11 is 0. The van der Waals surface area contributed by atoms with Gasteiger partial charge in [-0.05, 0) is 30.2 Å². The summed E-state index contributed by atoms with van der Waals surface area (Å²) in [6.45, 7) is 0.627. The van der Waals surface area contributed by atoms with Crippen LogP contribution < -0.4 is 5.56 Å². The highest BCUT2D eigenvalue weighted by Crippen LogP contribution is 2.13. The SMILES string of the molecule is O=c1cc(-c2ccncn2)nc2n(CCc3ccc(F)cc3)ccn12. The van der Waals surface area contributed by atoms with Crippen molar-refractivity contribution in [2.24, 2.45) is 0 Å². The lowest BCUT2D eigenvalue weighted by molar-refractivity contribution is 0.625. The van der Waals surface area contributed by atoms with Crippen molar-refractivity contribution in [1.29, 1.82) is 0 Å². The van der Waals surface area contributed by atoms with Gasteiger partial charge in [-0.2, -0.15) is 0 Å². The molecule has 124 valence electrons. The van der Waals surface area contributed by atoms with Crippen molar-refractivity contribution in [2.75, 3.05) is 0 Å². The van der Waals surface area contributed by atoms with Crippen LogP contribution in [0, 0.1) is 5.82 Å². The minimum absolute atomic E-state index is 0.167. The summed E-state index contributed by atoms with van der Waals surface area (Å²) in [7, 11) is 0. The molecular weight excluding hydrogens is 321 g/mol. The standard InChI is InChI=1S/C18H14FN5O/c19-14-3-1-13(2-4-14)6-8-23-9-10-24-17(25)11-16(22-18(23)24)15-5-7-20-12-21-15/h1-5,7,9-12H,6,8H2. The molecule has 0 fully saturated rings. The Hall–Kier alpha value is -3.35. The summed E-state index contributed by atoms with van der Waals surface area (Å²) in [4.78, 5) is 24.9. The maximum absolute atomic E-state index is 13.0. The summed E-state index contributed by atoms with van der Waals surface area (Å²) in [5.74, 6) is 0.293. The van der Waals surface area contributed by atoms with Crippen molar-refractivity contribution in [3.63, 3.8) is 0 Å². The first-order chi connectivity index (χ1) is 12.2. The number of benzene rings is 1. The molecule has 25 heavy (non-hydrogen) atoms. The number of hydrogen-bond donors (Lipinski definition) is 0. The van der Waals surface area contributed by atoms with E-state index in [9.17, 15) is 9.18 Å². The first-order valence-corrected chi connectivity index (χ1v) is 7.80. The molecular formula is C18H14FN5O. The molecule has 0 bridgehead atoms. The van der Waals surface area contributed by atoms with Gasteiger partial charge in [0.2, 0.25) is 5.78 Å². The number of aromatic nitrogens is 5. The van der Waals surface area contributed by atoms with E-state index in [-0.39, 0.29) is 11.4 Å². The molecule has 0 radical (unpaired) electrons. The third-order valence-electron chi connectivity index (χ3n) is 3.99. The first kappa shape index (κ1) is 15.2. The van der Waals surface area contributed by atoms with Crippen LogP contribution in [-0.2, 0) is 13.0 Å². The normalized spacial score (nSPS) is 11.1. The predicted octanol–water partition coefficient (Wildman–Crippen LogP) is 2.33. The van der Waals surface area contributed by atoms with Gasteiger partial charge in [-0.25, -0.2) is 19.3 Å². The van der Waals surface area contributed by atoms with E-state index in [1.165, 1.54) is 28.9 Å². The molecule has 4 aromatic rings. The summed E-state index contributed by atoms with van der Waals surface area (Å²) in [6.07, 6.45) is 7.25. The van der Waals surface area contributed by atoms with E-state index in [0.29, 0.717) is 30.1 Å². The third-order valence-corrected chi connectivity index (χ3v) is 3.99. The summed E-state index contributed by atoms with van der Waals surface area (Å²) in [5, 5.41) is 0. The molecule has 0 aliphatic heterocycles. The largest absolute Gasteiger partial charge is 0.316 e. The maximum Gasteiger partial charge on any atom is 0.259 e. The molecule has 6 nitrogen and oxygen atoms in total. The Morgan fingerprint density at radius 2 is 1.88 bits per heavy atom. The van der Waals surface area contributed by atoms with E-state index in [2.05, 4.69) is 15.0 Å². The minimum atomic E-state index is -0.252. The quantitative estimate of drug-likeness (QED) is 0.574. The maximum atomic E-state index is 13.0. The second kappa shape index (κ2) is 6.27. The van der Waals surface area contributed by atoms with E-state index in [1.54, 1.807) is 30.6 Å². The van der Waals surface area contributed by atoms with Gasteiger partial charge in [0.25, 0.3) is 5.56 Å². The molecule has 0 unspecified atom stereocenters. The molecule has 0 aliphatic carbocycles. The van der Waals surface area contributed by atoms with Gasteiger partial charge in [-0.15, -0.1) is 0 Å². The fraction of sp³-hybridized carbons (Fsp3) is 0.111. The lowest BCUT2D eigenvalue weighted by atomic mass is 10.1. The van der Waals surface area contributed by atoms with Gasteiger partial charge < -0.3 is 4.57 Å². The number of imidazole rings is 1. The van der Waals surface area contributed by atoms with E-state index in [0.717, 1.165) is 5.56 Å². The molecule has 3 heterocycles. The predicted molar refractivity (Wildman–Crippen MR) is 90.6 cm³/mol. The van der Waals surface area contributed by atoms with Crippen LogP contribution in [0.25, 0.3) is 17.2 Å². The van der Waals surface area contributed by atoms with Gasteiger partial charge in [-0.1, -0.05) is 12.1 Å². The lowest BCUT2D eigenvalue weighted by Crippen LogP contribution is -2.14. The van der Waals surface area contributed by atoms with E-state index >= 15 is 0 Å². The van der Waals surface area contributed by atoms with Gasteiger partial charge in [0.15, 0.2) is 0 Å². The smallest absolute Gasteiger partial charge is 0.259 e. The van der Waals surface area contributed by atoms with Crippen molar-refractivity contribution < 1.29 is 4.39 Å². The molecule has 0 spiro atoms. The molecule has 0 atom stereocenters. The van der Waals surface area contributed by atoms with E-state index in [4.69, 9.17) is 0 Å². The van der Waals surface area contributed by atoms with Crippen LogP contribution in [0.5, 0.6) is 0 Å². The second-order valence-electron chi connectivity index (χ2n) is 5.61. The third kappa shape index (κ3) is 3.03. The van der Waals surface area contributed by atoms with Crippen LogP contribution in [0.4, 0.5) is 4.39 Å².